The summed E-state index contributed by atoms with van der Waals surface area (Å²) in [7, 11) is 0. The quantitative estimate of drug-likeness (QED) is 0.704. The van der Waals surface area contributed by atoms with Crippen molar-refractivity contribution in [2.24, 2.45) is 11.5 Å². The molecule has 1 aromatic heterocycles. The average Bonchev–Trinajstić information content (AvgIpc) is 2.94. The molecule has 1 fully saturated rings. The zero-order chi connectivity index (χ0) is 15.1. The summed E-state index contributed by atoms with van der Waals surface area (Å²) in [6.07, 6.45) is 6.89. The maximum absolute atomic E-state index is 6.27. The molecule has 1 aliphatic carbocycles. The second kappa shape index (κ2) is 7.95. The van der Waals surface area contributed by atoms with Crippen molar-refractivity contribution < 1.29 is 4.74 Å². The van der Waals surface area contributed by atoms with Crippen molar-refractivity contribution in [2.45, 2.75) is 57.2 Å². The monoisotopic (exact) mass is 375 g/mol. The molecule has 6 nitrogen and oxygen atoms in total. The maximum Gasteiger partial charge on any atom is 0.136 e. The molecule has 4 rings (SSSR count). The molecule has 8 heteroatoms. The number of imidazole rings is 1. The van der Waals surface area contributed by atoms with Crippen LogP contribution in [0.4, 0.5) is 0 Å². The summed E-state index contributed by atoms with van der Waals surface area (Å²) in [6, 6.07) is 0.726. The fourth-order valence-corrected chi connectivity index (χ4v) is 4.11. The molecule has 136 valence electrons. The topological polar surface area (TPSA) is 91.1 Å². The van der Waals surface area contributed by atoms with E-state index in [1.165, 1.54) is 30.2 Å². The number of ether oxygens (including phenoxy) is 1. The summed E-state index contributed by atoms with van der Waals surface area (Å²) in [5, 5.41) is 5.68. The minimum atomic E-state index is 0. The first-order chi connectivity index (χ1) is 10.8. The van der Waals surface area contributed by atoms with E-state index in [0.29, 0.717) is 18.7 Å². The number of nitrogens with zero attached hydrogens (tertiary/aromatic N) is 2. The lowest BCUT2D eigenvalue weighted by Crippen LogP contribution is -2.52. The Labute approximate surface area is 154 Å². The van der Waals surface area contributed by atoms with Crippen molar-refractivity contribution in [3.8, 4) is 0 Å². The van der Waals surface area contributed by atoms with Gasteiger partial charge in [0.2, 0.25) is 0 Å². The summed E-state index contributed by atoms with van der Waals surface area (Å²) in [5.74, 6) is 1.74. The summed E-state index contributed by atoms with van der Waals surface area (Å²) < 4.78 is 8.16. The molecule has 0 spiro atoms. The zero-order valence-corrected chi connectivity index (χ0v) is 15.4. The molecule has 3 heterocycles. The molecule has 2 atom stereocenters. The minimum Gasteiger partial charge on any atom is -0.384 e. The van der Waals surface area contributed by atoms with Crippen molar-refractivity contribution >= 4 is 36.2 Å². The van der Waals surface area contributed by atoms with Crippen LogP contribution in [-0.2, 0) is 11.3 Å². The number of nitrogens with one attached hydrogen (secondary N) is 1. The molecule has 1 saturated carbocycles. The Bertz CT molecular complexity index is 702. The number of rotatable bonds is 3. The number of fused-ring (bicyclic) bond motifs is 4. The van der Waals surface area contributed by atoms with Crippen molar-refractivity contribution in [3.05, 3.63) is 16.5 Å². The van der Waals surface area contributed by atoms with Gasteiger partial charge in [-0.2, -0.15) is 0 Å². The Morgan fingerprint density at radius 2 is 2.12 bits per heavy atom. The van der Waals surface area contributed by atoms with Crippen LogP contribution in [0, 0.1) is 0 Å². The van der Waals surface area contributed by atoms with Gasteiger partial charge in [-0.25, -0.2) is 4.98 Å². The third-order valence-electron chi connectivity index (χ3n) is 5.13. The fraction of sp³-hybridized carbons (Fsp3) is 0.688. The predicted octanol–water partition coefficient (Wildman–Crippen LogP) is 0.258. The van der Waals surface area contributed by atoms with E-state index in [1.54, 1.807) is 0 Å². The highest BCUT2D eigenvalue weighted by molar-refractivity contribution is 5.85. The van der Waals surface area contributed by atoms with Crippen LogP contribution >= 0.6 is 24.8 Å². The van der Waals surface area contributed by atoms with E-state index in [-0.39, 0.29) is 24.8 Å². The fourth-order valence-electron chi connectivity index (χ4n) is 4.11. The summed E-state index contributed by atoms with van der Waals surface area (Å²) in [5.41, 5.74) is 13.5. The first kappa shape index (κ1) is 19.4. The molecular weight excluding hydrogens is 349 g/mol. The lowest BCUT2D eigenvalue weighted by Gasteiger charge is -2.31. The van der Waals surface area contributed by atoms with Gasteiger partial charge >= 0.3 is 0 Å². The van der Waals surface area contributed by atoms with Crippen LogP contribution in [0.1, 0.15) is 50.4 Å². The molecule has 0 radical (unpaired) electrons. The number of hydrogen-bond acceptors (Lipinski definition) is 5. The molecule has 0 aromatic carbocycles. The molecule has 2 aliphatic heterocycles. The van der Waals surface area contributed by atoms with Gasteiger partial charge in [0.1, 0.15) is 23.6 Å². The summed E-state index contributed by atoms with van der Waals surface area (Å²) >= 11 is 0. The van der Waals surface area contributed by atoms with E-state index in [9.17, 15) is 0 Å². The average molecular weight is 376 g/mol. The molecule has 0 saturated heterocycles. The van der Waals surface area contributed by atoms with Gasteiger partial charge in [0.15, 0.2) is 0 Å². The van der Waals surface area contributed by atoms with Crippen molar-refractivity contribution in [1.82, 2.24) is 14.9 Å². The first-order valence-corrected chi connectivity index (χ1v) is 8.44. The van der Waals surface area contributed by atoms with Gasteiger partial charge in [0.05, 0.1) is 24.0 Å². The smallest absolute Gasteiger partial charge is 0.136 e. The van der Waals surface area contributed by atoms with Gasteiger partial charge in [-0.3, -0.25) is 0 Å². The standard InChI is InChI=1S/C16H25N5O.2ClH/c17-7-3-4-10-8-22-9-13-20-14-15(21(10)13)11-5-1-2-6-12(11)19-16(14)18;;/h10,12,19H,1-9,17-18H2;2*1H/t10-,12?;;/m0../s1. The molecular formula is C16H27Cl2N5O. The Balaban J connectivity index is 0.00000104. The molecule has 1 unspecified atom stereocenters. The van der Waals surface area contributed by atoms with Crippen molar-refractivity contribution in [3.63, 3.8) is 0 Å². The van der Waals surface area contributed by atoms with Gasteiger partial charge in [-0.05, 0) is 44.2 Å². The van der Waals surface area contributed by atoms with Crippen LogP contribution in [0.2, 0.25) is 0 Å². The number of aromatic nitrogens is 2. The second-order valence-corrected chi connectivity index (χ2v) is 6.58. The van der Waals surface area contributed by atoms with E-state index in [1.807, 2.05) is 0 Å². The van der Waals surface area contributed by atoms with Gasteiger partial charge < -0.3 is 26.1 Å². The maximum atomic E-state index is 6.27. The lowest BCUT2D eigenvalue weighted by molar-refractivity contribution is 0.0502. The Morgan fingerprint density at radius 1 is 1.29 bits per heavy atom. The van der Waals surface area contributed by atoms with Crippen LogP contribution in [0.3, 0.4) is 0 Å². The van der Waals surface area contributed by atoms with E-state index < -0.39 is 0 Å². The SMILES string of the molecule is Cl.Cl.NCCC[C@H]1COCc2nc3c(n21)=C1CCCCC1NC=3N. The normalized spacial score (nSPS) is 24.7. The second-order valence-electron chi connectivity index (χ2n) is 6.58. The van der Waals surface area contributed by atoms with E-state index in [0.717, 1.165) is 49.4 Å². The number of halogens is 2. The Hall–Kier alpha value is -0.950. The van der Waals surface area contributed by atoms with E-state index in [4.69, 9.17) is 21.2 Å². The predicted molar refractivity (Wildman–Crippen MR) is 99.3 cm³/mol. The molecule has 3 aliphatic rings. The molecule has 0 amide bonds. The number of hydrogen-bond donors (Lipinski definition) is 3. The third kappa shape index (κ3) is 3.12. The molecule has 24 heavy (non-hydrogen) atoms. The van der Waals surface area contributed by atoms with Crippen LogP contribution in [-0.4, -0.2) is 28.7 Å². The van der Waals surface area contributed by atoms with Gasteiger partial charge in [0, 0.05) is 0 Å². The van der Waals surface area contributed by atoms with Crippen molar-refractivity contribution in [1.29, 1.82) is 0 Å². The van der Waals surface area contributed by atoms with Crippen molar-refractivity contribution in [2.75, 3.05) is 13.2 Å². The third-order valence-corrected chi connectivity index (χ3v) is 5.13. The van der Waals surface area contributed by atoms with Gasteiger partial charge in [-0.1, -0.05) is 6.42 Å². The first-order valence-electron chi connectivity index (χ1n) is 8.44. The highest BCUT2D eigenvalue weighted by Crippen LogP contribution is 2.27. The highest BCUT2D eigenvalue weighted by atomic mass is 35.5. The van der Waals surface area contributed by atoms with Crippen LogP contribution in [0.25, 0.3) is 11.4 Å². The largest absolute Gasteiger partial charge is 0.384 e. The van der Waals surface area contributed by atoms with Crippen LogP contribution < -0.4 is 27.5 Å². The summed E-state index contributed by atoms with van der Waals surface area (Å²) in [4.78, 5) is 4.78. The van der Waals surface area contributed by atoms with Crippen LogP contribution in [0.5, 0.6) is 0 Å². The highest BCUT2D eigenvalue weighted by Gasteiger charge is 2.30. The Morgan fingerprint density at radius 3 is 2.92 bits per heavy atom. The molecule has 0 bridgehead atoms. The van der Waals surface area contributed by atoms with E-state index >= 15 is 0 Å². The molecule has 5 N–H and O–H groups in total. The van der Waals surface area contributed by atoms with E-state index in [2.05, 4.69) is 9.88 Å². The molecule has 1 aromatic rings. The van der Waals surface area contributed by atoms with Crippen LogP contribution in [0.15, 0.2) is 0 Å². The summed E-state index contributed by atoms with van der Waals surface area (Å²) in [6.45, 7) is 2.05. The minimum absolute atomic E-state index is 0. The lowest BCUT2D eigenvalue weighted by atomic mass is 9.88. The number of nitrogens with two attached hydrogens (primary N) is 2. The zero-order valence-electron chi connectivity index (χ0n) is 13.8. The van der Waals surface area contributed by atoms with Gasteiger partial charge in [-0.15, -0.1) is 24.8 Å². The Kier molecular flexibility index (Phi) is 6.42. The van der Waals surface area contributed by atoms with Gasteiger partial charge in [0.25, 0.3) is 0 Å².